The first-order valence-corrected chi connectivity index (χ1v) is 8.94. The van der Waals surface area contributed by atoms with E-state index in [4.69, 9.17) is 4.52 Å². The van der Waals surface area contributed by atoms with Crippen molar-refractivity contribution < 1.29 is 9.32 Å². The summed E-state index contributed by atoms with van der Waals surface area (Å²) in [6.45, 7) is 14.7. The summed E-state index contributed by atoms with van der Waals surface area (Å²) < 4.78 is 5.11. The minimum absolute atomic E-state index is 0.0763. The molecule has 1 amide bonds. The number of aryl methyl sites for hydroxylation is 1. The molecule has 23 heavy (non-hydrogen) atoms. The molecular weight excluding hydrogens is 290 g/mol. The van der Waals surface area contributed by atoms with Gasteiger partial charge in [0.15, 0.2) is 5.69 Å². The Morgan fingerprint density at radius 2 is 2.04 bits per heavy atom. The van der Waals surface area contributed by atoms with Crippen LogP contribution >= 0.6 is 0 Å². The first-order valence-electron chi connectivity index (χ1n) is 8.94. The highest BCUT2D eigenvalue weighted by molar-refractivity contribution is 5.92. The predicted octanol–water partition coefficient (Wildman–Crippen LogP) is 3.51. The fourth-order valence-electron chi connectivity index (χ4n) is 3.00. The molecule has 0 spiro atoms. The smallest absolute Gasteiger partial charge is 0.273 e. The zero-order chi connectivity index (χ0) is 17.3. The zero-order valence-corrected chi connectivity index (χ0v) is 15.4. The summed E-state index contributed by atoms with van der Waals surface area (Å²) in [4.78, 5) is 14.7. The van der Waals surface area contributed by atoms with Gasteiger partial charge in [-0.1, -0.05) is 46.2 Å². The fraction of sp³-hybridized carbons (Fsp3) is 0.778. The topological polar surface area (TPSA) is 58.4 Å². The fourth-order valence-corrected chi connectivity index (χ4v) is 3.00. The van der Waals surface area contributed by atoms with Gasteiger partial charge in [0.1, 0.15) is 5.76 Å². The molecule has 1 aromatic heterocycles. The largest absolute Gasteiger partial charge is 0.361 e. The number of hydrogen-bond donors (Lipinski definition) is 1. The second-order valence-electron chi connectivity index (χ2n) is 6.64. The second kappa shape index (κ2) is 9.71. The van der Waals surface area contributed by atoms with Crippen LogP contribution in [0.1, 0.15) is 70.1 Å². The monoisotopic (exact) mass is 323 g/mol. The molecule has 5 nitrogen and oxygen atoms in total. The number of nitrogens with one attached hydrogen (secondary N) is 1. The van der Waals surface area contributed by atoms with Gasteiger partial charge in [0.2, 0.25) is 0 Å². The molecule has 0 radical (unpaired) electrons. The summed E-state index contributed by atoms with van der Waals surface area (Å²) in [6.07, 6.45) is 4.10. The van der Waals surface area contributed by atoms with Gasteiger partial charge in [0.25, 0.3) is 5.91 Å². The van der Waals surface area contributed by atoms with E-state index in [1.165, 1.54) is 0 Å². The molecule has 0 fully saturated rings. The van der Waals surface area contributed by atoms with E-state index in [1.807, 2.05) is 6.92 Å². The van der Waals surface area contributed by atoms with Crippen molar-refractivity contribution in [2.75, 3.05) is 26.2 Å². The van der Waals surface area contributed by atoms with Crippen molar-refractivity contribution in [1.29, 1.82) is 0 Å². The third-order valence-electron chi connectivity index (χ3n) is 4.26. The van der Waals surface area contributed by atoms with Gasteiger partial charge in [0.05, 0.1) is 0 Å². The average Bonchev–Trinajstić information content (AvgIpc) is 3.01. The molecule has 0 aliphatic carbocycles. The van der Waals surface area contributed by atoms with Gasteiger partial charge in [-0.05, 0) is 31.3 Å². The van der Waals surface area contributed by atoms with Crippen LogP contribution < -0.4 is 5.32 Å². The first kappa shape index (κ1) is 19.7. The van der Waals surface area contributed by atoms with Gasteiger partial charge >= 0.3 is 0 Å². The highest BCUT2D eigenvalue weighted by Crippen LogP contribution is 2.24. The van der Waals surface area contributed by atoms with Crippen LogP contribution in [-0.4, -0.2) is 42.1 Å². The maximum Gasteiger partial charge on any atom is 0.273 e. The predicted molar refractivity (Wildman–Crippen MR) is 93.6 cm³/mol. The average molecular weight is 323 g/mol. The lowest BCUT2D eigenvalue weighted by Crippen LogP contribution is -2.44. The number of hydrogen-bond acceptors (Lipinski definition) is 4. The van der Waals surface area contributed by atoms with Crippen LogP contribution in [0.4, 0.5) is 0 Å². The standard InChI is InChI=1S/C18H33N3O2/c1-6-10-18(5,14-21(9-4)11-7-2)13-19-17(22)16-12-15(8-3)23-20-16/h12H,6-11,13-14H2,1-5H3,(H,19,22). The molecule has 0 aromatic carbocycles. The maximum absolute atomic E-state index is 12.3. The lowest BCUT2D eigenvalue weighted by atomic mass is 9.84. The van der Waals surface area contributed by atoms with Crippen molar-refractivity contribution in [1.82, 2.24) is 15.4 Å². The number of amides is 1. The van der Waals surface area contributed by atoms with Gasteiger partial charge in [-0.15, -0.1) is 0 Å². The Morgan fingerprint density at radius 1 is 1.30 bits per heavy atom. The molecule has 1 aromatic rings. The molecule has 0 bridgehead atoms. The maximum atomic E-state index is 12.3. The van der Waals surface area contributed by atoms with Crippen molar-refractivity contribution in [3.8, 4) is 0 Å². The van der Waals surface area contributed by atoms with Crippen molar-refractivity contribution in [2.24, 2.45) is 5.41 Å². The normalized spacial score (nSPS) is 14.0. The van der Waals surface area contributed by atoms with Gasteiger partial charge in [0, 0.05) is 25.6 Å². The Kier molecular flexibility index (Phi) is 8.31. The molecular formula is C18H33N3O2. The zero-order valence-electron chi connectivity index (χ0n) is 15.4. The molecule has 1 unspecified atom stereocenters. The third kappa shape index (κ3) is 6.34. The molecule has 1 heterocycles. The van der Waals surface area contributed by atoms with Gasteiger partial charge in [-0.3, -0.25) is 4.79 Å². The summed E-state index contributed by atoms with van der Waals surface area (Å²) in [5.74, 6) is 0.598. The Labute approximate surface area is 140 Å². The van der Waals surface area contributed by atoms with Crippen LogP contribution in [0.15, 0.2) is 10.6 Å². The van der Waals surface area contributed by atoms with E-state index in [2.05, 4.69) is 43.1 Å². The molecule has 132 valence electrons. The minimum Gasteiger partial charge on any atom is -0.361 e. The number of carbonyl (C=O) groups excluding carboxylic acids is 1. The van der Waals surface area contributed by atoms with Crippen LogP contribution in [0.2, 0.25) is 0 Å². The van der Waals surface area contributed by atoms with E-state index < -0.39 is 0 Å². The Balaban J connectivity index is 2.64. The molecule has 0 saturated heterocycles. The van der Waals surface area contributed by atoms with Crippen molar-refractivity contribution >= 4 is 5.91 Å². The van der Waals surface area contributed by atoms with E-state index in [1.54, 1.807) is 6.07 Å². The molecule has 1 N–H and O–H groups in total. The molecule has 0 aliphatic rings. The lowest BCUT2D eigenvalue weighted by Gasteiger charge is -2.35. The van der Waals surface area contributed by atoms with E-state index in [0.29, 0.717) is 12.2 Å². The quantitative estimate of drug-likeness (QED) is 0.677. The number of nitrogens with zero attached hydrogens (tertiary/aromatic N) is 2. The van der Waals surface area contributed by atoms with E-state index in [0.717, 1.165) is 51.1 Å². The van der Waals surface area contributed by atoms with Crippen LogP contribution in [-0.2, 0) is 6.42 Å². The van der Waals surface area contributed by atoms with E-state index in [9.17, 15) is 4.79 Å². The molecule has 0 saturated carbocycles. The first-order chi connectivity index (χ1) is 11.0. The van der Waals surface area contributed by atoms with Crippen molar-refractivity contribution in [3.63, 3.8) is 0 Å². The Bertz CT molecular complexity index is 473. The van der Waals surface area contributed by atoms with E-state index in [-0.39, 0.29) is 11.3 Å². The number of carbonyl (C=O) groups is 1. The third-order valence-corrected chi connectivity index (χ3v) is 4.26. The SMILES string of the molecule is CCCN(CC)CC(C)(CCC)CNC(=O)c1cc(CC)on1. The highest BCUT2D eigenvalue weighted by atomic mass is 16.5. The lowest BCUT2D eigenvalue weighted by molar-refractivity contribution is 0.0898. The number of rotatable bonds is 11. The van der Waals surface area contributed by atoms with Crippen LogP contribution in [0, 0.1) is 5.41 Å². The van der Waals surface area contributed by atoms with Gasteiger partial charge < -0.3 is 14.7 Å². The van der Waals surface area contributed by atoms with Crippen LogP contribution in [0.25, 0.3) is 0 Å². The Hall–Kier alpha value is -1.36. The summed E-state index contributed by atoms with van der Waals surface area (Å²) in [5, 5.41) is 6.89. The second-order valence-corrected chi connectivity index (χ2v) is 6.64. The van der Waals surface area contributed by atoms with Gasteiger partial charge in [-0.2, -0.15) is 0 Å². The summed E-state index contributed by atoms with van der Waals surface area (Å²) in [5.41, 5.74) is 0.453. The molecule has 1 rings (SSSR count). The van der Waals surface area contributed by atoms with Crippen LogP contribution in [0.3, 0.4) is 0 Å². The number of aromatic nitrogens is 1. The minimum atomic E-state index is -0.144. The van der Waals surface area contributed by atoms with Crippen LogP contribution in [0.5, 0.6) is 0 Å². The molecule has 0 aliphatic heterocycles. The van der Waals surface area contributed by atoms with Crippen molar-refractivity contribution in [2.45, 2.75) is 60.3 Å². The van der Waals surface area contributed by atoms with Gasteiger partial charge in [-0.25, -0.2) is 0 Å². The van der Waals surface area contributed by atoms with Crippen molar-refractivity contribution in [3.05, 3.63) is 17.5 Å². The highest BCUT2D eigenvalue weighted by Gasteiger charge is 2.27. The summed E-state index contributed by atoms with van der Waals surface area (Å²) >= 11 is 0. The molecule has 5 heteroatoms. The molecule has 1 atom stereocenters. The Morgan fingerprint density at radius 3 is 2.57 bits per heavy atom. The van der Waals surface area contributed by atoms with E-state index >= 15 is 0 Å². The summed E-state index contributed by atoms with van der Waals surface area (Å²) in [7, 11) is 0. The summed E-state index contributed by atoms with van der Waals surface area (Å²) in [6, 6.07) is 1.72.